The van der Waals surface area contributed by atoms with E-state index in [9.17, 15) is 5.11 Å². The van der Waals surface area contributed by atoms with Crippen molar-refractivity contribution in [2.45, 2.75) is 51.2 Å². The zero-order valence-electron chi connectivity index (χ0n) is 12.9. The maximum absolute atomic E-state index is 10.7. The highest BCUT2D eigenvalue weighted by Gasteiger charge is 2.32. The van der Waals surface area contributed by atoms with Crippen LogP contribution in [0, 0.1) is 5.92 Å². The van der Waals surface area contributed by atoms with E-state index in [1.165, 1.54) is 6.42 Å². The molecule has 0 heterocycles. The number of hydrogen-bond donors (Lipinski definition) is 2. The molecule has 1 saturated carbocycles. The summed E-state index contributed by atoms with van der Waals surface area (Å²) in [6.07, 6.45) is 4.17. The van der Waals surface area contributed by atoms with Gasteiger partial charge in [0.25, 0.3) is 0 Å². The van der Waals surface area contributed by atoms with Crippen molar-refractivity contribution in [3.8, 4) is 5.75 Å². The predicted molar refractivity (Wildman–Crippen MR) is 82.0 cm³/mol. The molecule has 1 aromatic rings. The van der Waals surface area contributed by atoms with Crippen molar-refractivity contribution in [3.05, 3.63) is 29.8 Å². The monoisotopic (exact) mass is 277 g/mol. The van der Waals surface area contributed by atoms with Gasteiger partial charge >= 0.3 is 0 Å². The predicted octanol–water partition coefficient (Wildman–Crippen LogP) is 3.29. The average Bonchev–Trinajstić information content (AvgIpc) is 2.44. The first-order valence-corrected chi connectivity index (χ1v) is 7.63. The Morgan fingerprint density at radius 2 is 2.20 bits per heavy atom. The van der Waals surface area contributed by atoms with Crippen molar-refractivity contribution in [2.24, 2.45) is 5.92 Å². The molecule has 112 valence electrons. The minimum atomic E-state index is -0.548. The molecule has 2 rings (SSSR count). The maximum atomic E-state index is 10.7. The van der Waals surface area contributed by atoms with Gasteiger partial charge in [-0.05, 0) is 31.7 Å². The van der Waals surface area contributed by atoms with Crippen molar-refractivity contribution in [2.75, 3.05) is 13.7 Å². The van der Waals surface area contributed by atoms with E-state index in [0.29, 0.717) is 12.5 Å². The van der Waals surface area contributed by atoms with E-state index >= 15 is 0 Å². The molecule has 0 aromatic heterocycles. The summed E-state index contributed by atoms with van der Waals surface area (Å²) < 4.78 is 5.40. The third kappa shape index (κ3) is 3.74. The second kappa shape index (κ2) is 6.59. The van der Waals surface area contributed by atoms with E-state index in [1.807, 2.05) is 18.2 Å². The fourth-order valence-electron chi connectivity index (χ4n) is 3.27. The van der Waals surface area contributed by atoms with Crippen LogP contribution in [0.1, 0.15) is 51.1 Å². The summed E-state index contributed by atoms with van der Waals surface area (Å²) in [5, 5.41) is 14.1. The van der Waals surface area contributed by atoms with Crippen molar-refractivity contribution in [1.29, 1.82) is 0 Å². The zero-order valence-corrected chi connectivity index (χ0v) is 12.9. The number of ether oxygens (including phenoxy) is 1. The van der Waals surface area contributed by atoms with Gasteiger partial charge in [0.1, 0.15) is 5.75 Å². The Labute approximate surface area is 122 Å². The number of aliphatic hydroxyl groups is 1. The van der Waals surface area contributed by atoms with E-state index in [0.717, 1.165) is 30.6 Å². The molecule has 20 heavy (non-hydrogen) atoms. The van der Waals surface area contributed by atoms with Crippen LogP contribution in [0.25, 0.3) is 0 Å². The normalized spacial score (nSPS) is 28.1. The number of benzene rings is 1. The molecule has 0 bridgehead atoms. The molecule has 3 atom stereocenters. The lowest BCUT2D eigenvalue weighted by Gasteiger charge is -2.36. The van der Waals surface area contributed by atoms with Gasteiger partial charge in [0.15, 0.2) is 0 Å². The van der Waals surface area contributed by atoms with E-state index in [1.54, 1.807) is 7.11 Å². The number of rotatable bonds is 5. The van der Waals surface area contributed by atoms with Crippen LogP contribution < -0.4 is 10.1 Å². The zero-order chi connectivity index (χ0) is 14.6. The van der Waals surface area contributed by atoms with Gasteiger partial charge in [-0.25, -0.2) is 0 Å². The summed E-state index contributed by atoms with van der Waals surface area (Å²) in [5.41, 5.74) is 0.593. The van der Waals surface area contributed by atoms with E-state index in [4.69, 9.17) is 4.74 Å². The van der Waals surface area contributed by atoms with Crippen molar-refractivity contribution < 1.29 is 9.84 Å². The Morgan fingerprint density at radius 1 is 1.45 bits per heavy atom. The van der Waals surface area contributed by atoms with Crippen molar-refractivity contribution in [3.63, 3.8) is 0 Å². The Morgan fingerprint density at radius 3 is 2.90 bits per heavy atom. The number of nitrogens with one attached hydrogen (secondary N) is 1. The van der Waals surface area contributed by atoms with Crippen molar-refractivity contribution >= 4 is 0 Å². The summed E-state index contributed by atoms with van der Waals surface area (Å²) in [5.74, 6) is 1.52. The quantitative estimate of drug-likeness (QED) is 0.868. The molecule has 0 saturated heterocycles. The molecule has 0 amide bonds. The maximum Gasteiger partial charge on any atom is 0.123 e. The van der Waals surface area contributed by atoms with Gasteiger partial charge in [-0.15, -0.1) is 0 Å². The fourth-order valence-corrected chi connectivity index (χ4v) is 3.27. The number of methoxy groups -OCH3 is 1. The summed E-state index contributed by atoms with van der Waals surface area (Å²) >= 11 is 0. The third-order valence-corrected chi connectivity index (χ3v) is 4.41. The Kier molecular flexibility index (Phi) is 5.06. The first-order valence-electron chi connectivity index (χ1n) is 7.63. The molecule has 1 aliphatic carbocycles. The smallest absolute Gasteiger partial charge is 0.123 e. The summed E-state index contributed by atoms with van der Waals surface area (Å²) in [6.45, 7) is 5.00. The van der Waals surface area contributed by atoms with Crippen LogP contribution in [0.15, 0.2) is 24.3 Å². The van der Waals surface area contributed by atoms with Crippen LogP contribution in [0.3, 0.4) is 0 Å². The van der Waals surface area contributed by atoms with Gasteiger partial charge in [0.2, 0.25) is 0 Å². The van der Waals surface area contributed by atoms with Crippen LogP contribution in [0.4, 0.5) is 0 Å². The second-order valence-electron chi connectivity index (χ2n) is 6.27. The molecule has 3 unspecified atom stereocenters. The van der Waals surface area contributed by atoms with Gasteiger partial charge in [0, 0.05) is 18.2 Å². The molecule has 0 spiro atoms. The lowest BCUT2D eigenvalue weighted by atomic mass is 9.79. The van der Waals surface area contributed by atoms with Crippen LogP contribution in [-0.2, 0) is 0 Å². The average molecular weight is 277 g/mol. The SMILES string of the molecule is COc1ccccc1C(C)NCC1(O)CCCC(C)C1. The molecule has 1 fully saturated rings. The van der Waals surface area contributed by atoms with Gasteiger partial charge in [-0.3, -0.25) is 0 Å². The van der Waals surface area contributed by atoms with Crippen LogP contribution >= 0.6 is 0 Å². The lowest BCUT2D eigenvalue weighted by Crippen LogP contribution is -2.44. The van der Waals surface area contributed by atoms with E-state index < -0.39 is 5.60 Å². The highest BCUT2D eigenvalue weighted by atomic mass is 16.5. The molecular weight excluding hydrogens is 250 g/mol. The van der Waals surface area contributed by atoms with Crippen LogP contribution in [0.5, 0.6) is 5.75 Å². The van der Waals surface area contributed by atoms with Gasteiger partial charge in [-0.1, -0.05) is 38.0 Å². The molecular formula is C17H27NO2. The Hall–Kier alpha value is -1.06. The molecule has 2 N–H and O–H groups in total. The van der Waals surface area contributed by atoms with E-state index in [-0.39, 0.29) is 6.04 Å². The third-order valence-electron chi connectivity index (χ3n) is 4.41. The van der Waals surface area contributed by atoms with Gasteiger partial charge in [0.05, 0.1) is 12.7 Å². The number of para-hydroxylation sites is 1. The summed E-state index contributed by atoms with van der Waals surface area (Å²) in [4.78, 5) is 0. The highest BCUT2D eigenvalue weighted by Crippen LogP contribution is 2.32. The molecule has 1 aromatic carbocycles. The molecule has 3 nitrogen and oxygen atoms in total. The minimum absolute atomic E-state index is 0.174. The topological polar surface area (TPSA) is 41.5 Å². The molecule has 1 aliphatic rings. The van der Waals surface area contributed by atoms with E-state index in [2.05, 4.69) is 25.2 Å². The largest absolute Gasteiger partial charge is 0.496 e. The standard InChI is InChI=1S/C17H27NO2/c1-13-7-6-10-17(19,11-13)12-18-14(2)15-8-4-5-9-16(15)20-3/h4-5,8-9,13-14,18-19H,6-7,10-12H2,1-3H3. The van der Waals surface area contributed by atoms with Gasteiger partial charge < -0.3 is 15.2 Å². The highest BCUT2D eigenvalue weighted by molar-refractivity contribution is 5.35. The first-order chi connectivity index (χ1) is 9.54. The first kappa shape index (κ1) is 15.3. The molecule has 0 radical (unpaired) electrons. The van der Waals surface area contributed by atoms with Crippen LogP contribution in [-0.4, -0.2) is 24.4 Å². The fraction of sp³-hybridized carbons (Fsp3) is 0.647. The van der Waals surface area contributed by atoms with Crippen molar-refractivity contribution in [1.82, 2.24) is 5.32 Å². The van der Waals surface area contributed by atoms with Crippen LogP contribution in [0.2, 0.25) is 0 Å². The molecule has 3 heteroatoms. The number of hydrogen-bond acceptors (Lipinski definition) is 3. The summed E-state index contributed by atoms with van der Waals surface area (Å²) in [6, 6.07) is 8.22. The lowest BCUT2D eigenvalue weighted by molar-refractivity contribution is -0.0134. The van der Waals surface area contributed by atoms with Gasteiger partial charge in [-0.2, -0.15) is 0 Å². The molecule has 0 aliphatic heterocycles. The Balaban J connectivity index is 1.96. The summed E-state index contributed by atoms with van der Waals surface area (Å²) in [7, 11) is 1.70. The second-order valence-corrected chi connectivity index (χ2v) is 6.27. The Bertz CT molecular complexity index is 435. The minimum Gasteiger partial charge on any atom is -0.496 e.